The average Bonchev–Trinajstić information content (AvgIpc) is 2.83. The van der Waals surface area contributed by atoms with Gasteiger partial charge in [0, 0.05) is 12.7 Å². The summed E-state index contributed by atoms with van der Waals surface area (Å²) >= 11 is 1.29. The lowest BCUT2D eigenvalue weighted by Gasteiger charge is -2.21. The Morgan fingerprint density at radius 2 is 1.58 bits per heavy atom. The third kappa shape index (κ3) is 4.39. The Balaban J connectivity index is 1.69. The quantitative estimate of drug-likeness (QED) is 0.328. The molecule has 3 aromatic carbocycles. The zero-order chi connectivity index (χ0) is 21.8. The van der Waals surface area contributed by atoms with Gasteiger partial charge in [-0.3, -0.25) is 14.2 Å². The van der Waals surface area contributed by atoms with E-state index in [1.807, 2.05) is 85.8 Å². The van der Waals surface area contributed by atoms with Gasteiger partial charge in [0.1, 0.15) is 0 Å². The van der Waals surface area contributed by atoms with Crippen molar-refractivity contribution in [2.75, 3.05) is 17.7 Å². The molecule has 0 aliphatic carbocycles. The molecular weight excluding hydrogens is 406 g/mol. The maximum absolute atomic E-state index is 13.4. The smallest absolute Gasteiger partial charge is 0.262 e. The highest BCUT2D eigenvalue weighted by molar-refractivity contribution is 7.99. The van der Waals surface area contributed by atoms with Crippen molar-refractivity contribution in [3.8, 4) is 0 Å². The van der Waals surface area contributed by atoms with E-state index in [1.165, 1.54) is 11.8 Å². The van der Waals surface area contributed by atoms with E-state index in [4.69, 9.17) is 4.98 Å². The monoisotopic (exact) mass is 429 g/mol. The molecule has 0 fully saturated rings. The lowest BCUT2D eigenvalue weighted by Crippen LogP contribution is -2.30. The Kier molecular flexibility index (Phi) is 6.18. The summed E-state index contributed by atoms with van der Waals surface area (Å²) in [4.78, 5) is 32.5. The summed E-state index contributed by atoms with van der Waals surface area (Å²) in [5, 5.41) is 1.11. The molecule has 0 unspecified atom stereocenters. The van der Waals surface area contributed by atoms with Gasteiger partial charge in [-0.1, -0.05) is 72.4 Å². The van der Waals surface area contributed by atoms with Gasteiger partial charge in [0.2, 0.25) is 5.91 Å². The first kappa shape index (κ1) is 20.9. The van der Waals surface area contributed by atoms with Crippen LogP contribution in [0.1, 0.15) is 18.5 Å². The molecule has 0 saturated carbocycles. The summed E-state index contributed by atoms with van der Waals surface area (Å²) in [5.74, 6) is 0.120. The number of thioether (sulfide) groups is 1. The van der Waals surface area contributed by atoms with Crippen molar-refractivity contribution in [2.45, 2.75) is 18.1 Å². The number of carbonyl (C=O) groups is 1. The van der Waals surface area contributed by atoms with Crippen LogP contribution in [0.15, 0.2) is 94.9 Å². The maximum Gasteiger partial charge on any atom is 0.262 e. The molecule has 0 aliphatic heterocycles. The summed E-state index contributed by atoms with van der Waals surface area (Å²) in [7, 11) is 1.76. The summed E-state index contributed by atoms with van der Waals surface area (Å²) in [6.45, 7) is 1.98. The number of para-hydroxylation sites is 2. The number of hydrogen-bond donors (Lipinski definition) is 0. The fourth-order valence-electron chi connectivity index (χ4n) is 3.47. The maximum atomic E-state index is 13.4. The van der Waals surface area contributed by atoms with Gasteiger partial charge in [0.05, 0.1) is 22.7 Å². The van der Waals surface area contributed by atoms with Gasteiger partial charge < -0.3 is 4.90 Å². The number of amides is 1. The van der Waals surface area contributed by atoms with E-state index in [-0.39, 0.29) is 23.3 Å². The molecule has 31 heavy (non-hydrogen) atoms. The van der Waals surface area contributed by atoms with Crippen molar-refractivity contribution >= 4 is 34.3 Å². The number of aromatic nitrogens is 2. The molecule has 4 aromatic rings. The van der Waals surface area contributed by atoms with E-state index in [0.29, 0.717) is 16.1 Å². The van der Waals surface area contributed by atoms with Gasteiger partial charge in [0.15, 0.2) is 5.16 Å². The Morgan fingerprint density at radius 3 is 2.29 bits per heavy atom. The van der Waals surface area contributed by atoms with Crippen LogP contribution in [-0.2, 0) is 4.79 Å². The molecule has 4 rings (SSSR count). The molecule has 0 spiro atoms. The number of hydrogen-bond acceptors (Lipinski definition) is 4. The topological polar surface area (TPSA) is 55.2 Å². The lowest BCUT2D eigenvalue weighted by atomic mass is 10.1. The Bertz CT molecular complexity index is 1260. The van der Waals surface area contributed by atoms with Crippen molar-refractivity contribution in [2.24, 2.45) is 0 Å². The van der Waals surface area contributed by atoms with Crippen LogP contribution in [0.4, 0.5) is 5.69 Å². The fourth-order valence-corrected chi connectivity index (χ4v) is 4.46. The average molecular weight is 430 g/mol. The second-order valence-electron chi connectivity index (χ2n) is 7.25. The van der Waals surface area contributed by atoms with Crippen LogP contribution >= 0.6 is 11.8 Å². The summed E-state index contributed by atoms with van der Waals surface area (Å²) in [5.41, 5.74) is 2.37. The number of rotatable bonds is 6. The predicted molar refractivity (Wildman–Crippen MR) is 127 cm³/mol. The van der Waals surface area contributed by atoms with E-state index in [2.05, 4.69) is 0 Å². The molecular formula is C25H23N3O2S. The number of fused-ring (bicyclic) bond motifs is 1. The Morgan fingerprint density at radius 1 is 0.968 bits per heavy atom. The van der Waals surface area contributed by atoms with Crippen molar-refractivity contribution in [1.29, 1.82) is 0 Å². The molecule has 0 saturated heterocycles. The van der Waals surface area contributed by atoms with Gasteiger partial charge in [0.25, 0.3) is 5.56 Å². The molecule has 156 valence electrons. The first-order chi connectivity index (χ1) is 15.1. The van der Waals surface area contributed by atoms with Crippen LogP contribution in [-0.4, -0.2) is 28.3 Å². The first-order valence-corrected chi connectivity index (χ1v) is 11.1. The zero-order valence-corrected chi connectivity index (χ0v) is 18.3. The van der Waals surface area contributed by atoms with Gasteiger partial charge in [-0.25, -0.2) is 4.98 Å². The van der Waals surface area contributed by atoms with Gasteiger partial charge in [-0.15, -0.1) is 0 Å². The normalized spacial score (nSPS) is 11.9. The predicted octanol–water partition coefficient (Wildman–Crippen LogP) is 4.76. The number of anilines is 1. The largest absolute Gasteiger partial charge is 0.315 e. The SMILES string of the molecule is C[C@H](c1ccccc1)n1c(SCC(=O)N(C)c2ccccc2)nc2ccccc2c1=O. The third-order valence-electron chi connectivity index (χ3n) is 5.29. The molecule has 1 heterocycles. The molecule has 1 aromatic heterocycles. The van der Waals surface area contributed by atoms with E-state index in [1.54, 1.807) is 22.6 Å². The lowest BCUT2D eigenvalue weighted by molar-refractivity contribution is -0.115. The number of benzene rings is 3. The second kappa shape index (κ2) is 9.18. The third-order valence-corrected chi connectivity index (χ3v) is 6.22. The first-order valence-electron chi connectivity index (χ1n) is 10.1. The minimum Gasteiger partial charge on any atom is -0.315 e. The number of carbonyl (C=O) groups excluding carboxylic acids is 1. The molecule has 0 bridgehead atoms. The highest BCUT2D eigenvalue weighted by Gasteiger charge is 2.20. The fraction of sp³-hybridized carbons (Fsp3) is 0.160. The highest BCUT2D eigenvalue weighted by atomic mass is 32.2. The Labute approximate surface area is 185 Å². The zero-order valence-electron chi connectivity index (χ0n) is 17.4. The highest BCUT2D eigenvalue weighted by Crippen LogP contribution is 2.25. The molecule has 0 aliphatic rings. The van der Waals surface area contributed by atoms with Crippen LogP contribution in [0.5, 0.6) is 0 Å². The molecule has 0 N–H and O–H groups in total. The molecule has 5 nitrogen and oxygen atoms in total. The van der Waals surface area contributed by atoms with E-state index in [0.717, 1.165) is 11.3 Å². The molecule has 0 radical (unpaired) electrons. The van der Waals surface area contributed by atoms with E-state index < -0.39 is 0 Å². The van der Waals surface area contributed by atoms with Crippen LogP contribution in [0.2, 0.25) is 0 Å². The minimum atomic E-state index is -0.213. The van der Waals surface area contributed by atoms with Gasteiger partial charge >= 0.3 is 0 Å². The van der Waals surface area contributed by atoms with Crippen LogP contribution in [0.25, 0.3) is 10.9 Å². The summed E-state index contributed by atoms with van der Waals surface area (Å²) < 4.78 is 1.69. The van der Waals surface area contributed by atoms with Crippen molar-refractivity contribution < 1.29 is 4.79 Å². The van der Waals surface area contributed by atoms with E-state index in [9.17, 15) is 9.59 Å². The summed E-state index contributed by atoms with van der Waals surface area (Å²) in [6.07, 6.45) is 0. The van der Waals surface area contributed by atoms with Gasteiger partial charge in [-0.2, -0.15) is 0 Å². The van der Waals surface area contributed by atoms with Crippen molar-refractivity contribution in [1.82, 2.24) is 9.55 Å². The Hall–Kier alpha value is -3.38. The van der Waals surface area contributed by atoms with E-state index >= 15 is 0 Å². The number of nitrogens with zero attached hydrogens (tertiary/aromatic N) is 3. The molecule has 6 heteroatoms. The van der Waals surface area contributed by atoms with Crippen LogP contribution in [0.3, 0.4) is 0 Å². The minimum absolute atomic E-state index is 0.0579. The molecule has 1 atom stereocenters. The van der Waals surface area contributed by atoms with Crippen molar-refractivity contribution in [3.05, 3.63) is 101 Å². The standard InChI is InChI=1S/C25H23N3O2S/c1-18(19-11-5-3-6-12-19)28-24(30)21-15-9-10-16-22(21)26-25(28)31-17-23(29)27(2)20-13-7-4-8-14-20/h3-16,18H,17H2,1-2H3/t18-/m1/s1. The molecule has 1 amide bonds. The van der Waals surface area contributed by atoms with Gasteiger partial charge in [-0.05, 0) is 36.8 Å². The van der Waals surface area contributed by atoms with Crippen molar-refractivity contribution in [3.63, 3.8) is 0 Å². The van der Waals surface area contributed by atoms with Crippen LogP contribution in [0, 0.1) is 0 Å². The second-order valence-corrected chi connectivity index (χ2v) is 8.19. The summed E-state index contributed by atoms with van der Waals surface area (Å²) in [6, 6.07) is 26.5. The van der Waals surface area contributed by atoms with Crippen LogP contribution < -0.4 is 10.5 Å².